The number of piperidine rings is 1. The van der Waals surface area contributed by atoms with Crippen LogP contribution in [0.15, 0.2) is 42.6 Å². The normalized spacial score (nSPS) is 19.5. The van der Waals surface area contributed by atoms with Gasteiger partial charge in [0.1, 0.15) is 6.04 Å². The molecule has 2 atom stereocenters. The van der Waals surface area contributed by atoms with E-state index in [0.29, 0.717) is 22.9 Å². The van der Waals surface area contributed by atoms with Crippen molar-refractivity contribution in [2.45, 2.75) is 37.8 Å². The van der Waals surface area contributed by atoms with E-state index in [1.165, 1.54) is 0 Å². The summed E-state index contributed by atoms with van der Waals surface area (Å²) in [5.74, 6) is -0.788. The Balaban J connectivity index is 2.01. The molecule has 0 bridgehead atoms. The molecule has 3 rings (SSSR count). The summed E-state index contributed by atoms with van der Waals surface area (Å²) in [5.41, 5.74) is 1.76. The number of hydrogen-bond acceptors (Lipinski definition) is 3. The van der Waals surface area contributed by atoms with Crippen LogP contribution in [-0.4, -0.2) is 33.5 Å². The third-order valence-corrected chi connectivity index (χ3v) is 5.53. The number of pyridine rings is 1. The zero-order valence-electron chi connectivity index (χ0n) is 13.7. The summed E-state index contributed by atoms with van der Waals surface area (Å²) in [7, 11) is 0. The SMILES string of the molecule is O=C(O)C1CCCCN1C(Cc1ccccn1)c1cccc(Cl)c1Cl. The second-order valence-electron chi connectivity index (χ2n) is 6.27. The van der Waals surface area contributed by atoms with Crippen molar-refractivity contribution in [1.29, 1.82) is 0 Å². The quantitative estimate of drug-likeness (QED) is 0.824. The van der Waals surface area contributed by atoms with Crippen LogP contribution in [0.3, 0.4) is 0 Å². The van der Waals surface area contributed by atoms with Gasteiger partial charge in [-0.25, -0.2) is 0 Å². The second kappa shape index (κ2) is 8.17. The first-order valence-electron chi connectivity index (χ1n) is 8.40. The van der Waals surface area contributed by atoms with Crippen LogP contribution in [0, 0.1) is 0 Å². The van der Waals surface area contributed by atoms with Crippen molar-refractivity contribution in [3.63, 3.8) is 0 Å². The van der Waals surface area contributed by atoms with Crippen LogP contribution in [0.5, 0.6) is 0 Å². The van der Waals surface area contributed by atoms with E-state index in [-0.39, 0.29) is 6.04 Å². The summed E-state index contributed by atoms with van der Waals surface area (Å²) in [6.07, 6.45) is 4.88. The molecule has 2 heterocycles. The van der Waals surface area contributed by atoms with Crippen molar-refractivity contribution >= 4 is 29.2 Å². The van der Waals surface area contributed by atoms with E-state index in [2.05, 4.69) is 4.98 Å². The van der Waals surface area contributed by atoms with Gasteiger partial charge in [0.05, 0.1) is 10.0 Å². The first kappa shape index (κ1) is 18.2. The van der Waals surface area contributed by atoms with E-state index >= 15 is 0 Å². The maximum absolute atomic E-state index is 11.8. The Morgan fingerprint density at radius 1 is 1.24 bits per heavy atom. The number of nitrogens with zero attached hydrogens (tertiary/aromatic N) is 2. The number of carboxylic acid groups (broad SMARTS) is 1. The smallest absolute Gasteiger partial charge is 0.320 e. The van der Waals surface area contributed by atoms with E-state index in [4.69, 9.17) is 23.2 Å². The van der Waals surface area contributed by atoms with Gasteiger partial charge in [0, 0.05) is 24.4 Å². The molecule has 2 aromatic rings. The highest BCUT2D eigenvalue weighted by Gasteiger charge is 2.35. The largest absolute Gasteiger partial charge is 0.480 e. The minimum absolute atomic E-state index is 0.178. The van der Waals surface area contributed by atoms with Gasteiger partial charge in [-0.15, -0.1) is 0 Å². The molecule has 132 valence electrons. The van der Waals surface area contributed by atoms with Crippen LogP contribution < -0.4 is 0 Å². The van der Waals surface area contributed by atoms with E-state index in [9.17, 15) is 9.90 Å². The number of carboxylic acids is 1. The molecular formula is C19H20Cl2N2O2. The molecule has 1 aliphatic rings. The van der Waals surface area contributed by atoms with Gasteiger partial charge in [-0.05, 0) is 43.1 Å². The van der Waals surface area contributed by atoms with E-state index in [0.717, 1.165) is 30.6 Å². The third-order valence-electron chi connectivity index (χ3n) is 4.70. The second-order valence-corrected chi connectivity index (χ2v) is 7.06. The fourth-order valence-electron chi connectivity index (χ4n) is 3.49. The summed E-state index contributed by atoms with van der Waals surface area (Å²) < 4.78 is 0. The van der Waals surface area contributed by atoms with Crippen LogP contribution >= 0.6 is 23.2 Å². The number of carbonyl (C=O) groups is 1. The molecule has 0 radical (unpaired) electrons. The monoisotopic (exact) mass is 378 g/mol. The number of benzene rings is 1. The van der Waals surface area contributed by atoms with Crippen LogP contribution in [0.2, 0.25) is 10.0 Å². The zero-order valence-corrected chi connectivity index (χ0v) is 15.2. The van der Waals surface area contributed by atoms with Crippen LogP contribution in [-0.2, 0) is 11.2 Å². The molecule has 0 saturated carbocycles. The van der Waals surface area contributed by atoms with E-state index < -0.39 is 12.0 Å². The predicted octanol–water partition coefficient (Wildman–Crippen LogP) is 4.61. The molecule has 1 N–H and O–H groups in total. The molecule has 6 heteroatoms. The van der Waals surface area contributed by atoms with Crippen molar-refractivity contribution in [3.05, 3.63) is 63.9 Å². The number of hydrogen-bond donors (Lipinski definition) is 1. The van der Waals surface area contributed by atoms with Crippen molar-refractivity contribution in [1.82, 2.24) is 9.88 Å². The molecule has 0 spiro atoms. The van der Waals surface area contributed by atoms with E-state index in [1.807, 2.05) is 35.2 Å². The van der Waals surface area contributed by atoms with E-state index in [1.54, 1.807) is 12.3 Å². The molecule has 1 saturated heterocycles. The Hall–Kier alpha value is -1.62. The fraction of sp³-hybridized carbons (Fsp3) is 0.368. The van der Waals surface area contributed by atoms with Crippen molar-refractivity contribution in [2.75, 3.05) is 6.54 Å². The summed E-state index contributed by atoms with van der Waals surface area (Å²) in [4.78, 5) is 18.2. The van der Waals surface area contributed by atoms with Crippen LogP contribution in [0.4, 0.5) is 0 Å². The number of aromatic nitrogens is 1. The topological polar surface area (TPSA) is 53.4 Å². The minimum atomic E-state index is -0.788. The van der Waals surface area contributed by atoms with Gasteiger partial charge in [-0.1, -0.05) is 47.8 Å². The summed E-state index contributed by atoms with van der Waals surface area (Å²) in [6, 6.07) is 10.6. The van der Waals surface area contributed by atoms with Gasteiger partial charge in [-0.3, -0.25) is 14.7 Å². The highest BCUT2D eigenvalue weighted by Crippen LogP contribution is 2.37. The van der Waals surface area contributed by atoms with Gasteiger partial charge >= 0.3 is 5.97 Å². The molecule has 1 aromatic heterocycles. The third kappa shape index (κ3) is 4.14. The molecule has 0 amide bonds. The number of likely N-dealkylation sites (tertiary alicyclic amines) is 1. The molecule has 0 aliphatic carbocycles. The summed E-state index contributed by atoms with van der Waals surface area (Å²) in [5, 5.41) is 10.6. The standard InChI is InChI=1S/C19H20Cl2N2O2/c20-15-8-5-7-14(18(15)21)17(12-13-6-1-3-10-22-13)23-11-4-2-9-16(23)19(24)25/h1,3,5-8,10,16-17H,2,4,9,11-12H2,(H,24,25). The Morgan fingerprint density at radius 2 is 2.08 bits per heavy atom. The maximum Gasteiger partial charge on any atom is 0.320 e. The predicted molar refractivity (Wildman–Crippen MR) is 99.1 cm³/mol. The minimum Gasteiger partial charge on any atom is -0.480 e. The van der Waals surface area contributed by atoms with Crippen molar-refractivity contribution in [3.8, 4) is 0 Å². The highest BCUT2D eigenvalue weighted by molar-refractivity contribution is 6.42. The highest BCUT2D eigenvalue weighted by atomic mass is 35.5. The summed E-state index contributed by atoms with van der Waals surface area (Å²) in [6.45, 7) is 0.720. The Kier molecular flexibility index (Phi) is 5.94. The van der Waals surface area contributed by atoms with Gasteiger partial charge in [0.25, 0.3) is 0 Å². The fourth-order valence-corrected chi connectivity index (χ4v) is 3.93. The molecular weight excluding hydrogens is 359 g/mol. The molecule has 2 unspecified atom stereocenters. The first-order chi connectivity index (χ1) is 12.1. The van der Waals surface area contributed by atoms with Gasteiger partial charge < -0.3 is 5.11 Å². The first-order valence-corrected chi connectivity index (χ1v) is 9.16. The average Bonchev–Trinajstić information content (AvgIpc) is 2.63. The molecule has 1 aromatic carbocycles. The number of rotatable bonds is 5. The molecule has 4 nitrogen and oxygen atoms in total. The van der Waals surface area contributed by atoms with Crippen LogP contribution in [0.25, 0.3) is 0 Å². The zero-order chi connectivity index (χ0) is 17.8. The van der Waals surface area contributed by atoms with Gasteiger partial charge in [-0.2, -0.15) is 0 Å². The number of aliphatic carboxylic acids is 1. The molecule has 1 aliphatic heterocycles. The lowest BCUT2D eigenvalue weighted by molar-refractivity contribution is -0.146. The summed E-state index contributed by atoms with van der Waals surface area (Å²) >= 11 is 12.7. The van der Waals surface area contributed by atoms with Crippen molar-refractivity contribution in [2.24, 2.45) is 0 Å². The van der Waals surface area contributed by atoms with Gasteiger partial charge in [0.15, 0.2) is 0 Å². The lowest BCUT2D eigenvalue weighted by Gasteiger charge is -2.39. The number of halogens is 2. The van der Waals surface area contributed by atoms with Crippen LogP contribution in [0.1, 0.15) is 36.6 Å². The lowest BCUT2D eigenvalue weighted by Crippen LogP contribution is -2.47. The molecule has 1 fully saturated rings. The molecule has 25 heavy (non-hydrogen) atoms. The van der Waals surface area contributed by atoms with Crippen molar-refractivity contribution < 1.29 is 9.90 Å². The Labute approximate surface area is 157 Å². The average molecular weight is 379 g/mol. The lowest BCUT2D eigenvalue weighted by atomic mass is 9.93. The maximum atomic E-state index is 11.8. The van der Waals surface area contributed by atoms with Gasteiger partial charge in [0.2, 0.25) is 0 Å². The Bertz CT molecular complexity index is 739. The Morgan fingerprint density at radius 3 is 2.80 bits per heavy atom.